The molecule has 0 radical (unpaired) electrons. The third-order valence-electron chi connectivity index (χ3n) is 5.65. The van der Waals surface area contributed by atoms with E-state index in [0.717, 1.165) is 16.8 Å². The average Bonchev–Trinajstić information content (AvgIpc) is 3.14. The molecule has 1 N–H and O–H groups in total. The number of aryl methyl sites for hydroxylation is 1. The Morgan fingerprint density at radius 3 is 1.91 bits per heavy atom. The van der Waals surface area contributed by atoms with Crippen LogP contribution in [0.25, 0.3) is 0 Å². The van der Waals surface area contributed by atoms with Gasteiger partial charge in [0.25, 0.3) is 0 Å². The summed E-state index contributed by atoms with van der Waals surface area (Å²) in [6.45, 7) is 10.1. The van der Waals surface area contributed by atoms with Gasteiger partial charge in [-0.05, 0) is 25.0 Å². The summed E-state index contributed by atoms with van der Waals surface area (Å²) in [5.74, 6) is -0.214. The summed E-state index contributed by atoms with van der Waals surface area (Å²) in [6.07, 6.45) is 0. The monoisotopic (exact) mass is 446 g/mol. The van der Waals surface area contributed by atoms with E-state index in [1.807, 2.05) is 80.6 Å². The summed E-state index contributed by atoms with van der Waals surface area (Å²) in [4.78, 5) is 28.4. The van der Waals surface area contributed by atoms with Gasteiger partial charge in [-0.2, -0.15) is 5.10 Å². The molecule has 0 saturated heterocycles. The summed E-state index contributed by atoms with van der Waals surface area (Å²) < 4.78 is 1.66. The topological polar surface area (TPSA) is 67.2 Å². The zero-order valence-corrected chi connectivity index (χ0v) is 20.4. The normalized spacial score (nSPS) is 11.6. The Morgan fingerprint density at radius 2 is 1.48 bits per heavy atom. The molecule has 0 aliphatic carbocycles. The molecular formula is C27H34N4O2. The molecule has 3 aromatic rings. The molecule has 0 fully saturated rings. The molecule has 0 aliphatic heterocycles. The van der Waals surface area contributed by atoms with Crippen LogP contribution in [0.3, 0.4) is 0 Å². The van der Waals surface area contributed by atoms with Gasteiger partial charge < -0.3 is 10.2 Å². The highest BCUT2D eigenvalue weighted by Gasteiger charge is 2.30. The van der Waals surface area contributed by atoms with Crippen LogP contribution in [0.1, 0.15) is 57.4 Å². The van der Waals surface area contributed by atoms with Crippen molar-refractivity contribution in [3.05, 3.63) is 83.6 Å². The number of aromatic nitrogens is 2. The number of amides is 2. The summed E-state index contributed by atoms with van der Waals surface area (Å²) in [6, 6.07) is 21.2. The van der Waals surface area contributed by atoms with Crippen molar-refractivity contribution < 1.29 is 9.59 Å². The quantitative estimate of drug-likeness (QED) is 0.571. The zero-order valence-electron chi connectivity index (χ0n) is 20.4. The van der Waals surface area contributed by atoms with Gasteiger partial charge in [-0.25, -0.2) is 0 Å². The van der Waals surface area contributed by atoms with Crippen molar-refractivity contribution in [3.8, 4) is 0 Å². The Bertz CT molecular complexity index is 1040. The van der Waals surface area contributed by atoms with E-state index in [-0.39, 0.29) is 29.8 Å². The molecule has 0 aliphatic rings. The maximum Gasteiger partial charge on any atom is 0.245 e. The summed E-state index contributed by atoms with van der Waals surface area (Å²) >= 11 is 0. The first-order chi connectivity index (χ1) is 15.6. The number of rotatable bonds is 7. The third kappa shape index (κ3) is 5.89. The standard InChI is InChI=1S/C27H34N4O2/c1-19(2)31(18-24(32)28-23-17-22(27(3,4)5)29-30(23)6)26(33)25(20-13-9-7-10-14-20)21-15-11-8-12-16-21/h7-17,19,25H,18H2,1-6H3,(H,28,32). The molecule has 1 heterocycles. The maximum absolute atomic E-state index is 13.8. The van der Waals surface area contributed by atoms with E-state index in [4.69, 9.17) is 0 Å². The lowest BCUT2D eigenvalue weighted by molar-refractivity contribution is -0.137. The average molecular weight is 447 g/mol. The predicted molar refractivity (Wildman–Crippen MR) is 132 cm³/mol. The minimum absolute atomic E-state index is 0.0390. The van der Waals surface area contributed by atoms with Gasteiger partial charge in [-0.15, -0.1) is 0 Å². The van der Waals surface area contributed by atoms with Gasteiger partial charge in [-0.3, -0.25) is 14.3 Å². The molecule has 0 spiro atoms. The fourth-order valence-electron chi connectivity index (χ4n) is 3.74. The minimum atomic E-state index is -0.480. The molecule has 0 bridgehead atoms. The van der Waals surface area contributed by atoms with Crippen LogP contribution in [-0.4, -0.2) is 39.1 Å². The number of nitrogens with one attached hydrogen (secondary N) is 1. The van der Waals surface area contributed by atoms with Crippen molar-refractivity contribution in [2.24, 2.45) is 7.05 Å². The molecule has 2 aromatic carbocycles. The largest absolute Gasteiger partial charge is 0.330 e. The van der Waals surface area contributed by atoms with Gasteiger partial charge in [-0.1, -0.05) is 81.4 Å². The Kier molecular flexibility index (Phi) is 7.36. The first-order valence-electron chi connectivity index (χ1n) is 11.3. The van der Waals surface area contributed by atoms with Crippen LogP contribution < -0.4 is 5.32 Å². The Labute approximate surface area is 196 Å². The van der Waals surface area contributed by atoms with E-state index in [2.05, 4.69) is 31.2 Å². The predicted octanol–water partition coefficient (Wildman–Crippen LogP) is 4.73. The number of carbonyl (C=O) groups is 2. The second-order valence-electron chi connectivity index (χ2n) is 9.65. The molecule has 0 atom stereocenters. The lowest BCUT2D eigenvalue weighted by Crippen LogP contribution is -2.45. The molecule has 6 heteroatoms. The fraction of sp³-hybridized carbons (Fsp3) is 0.370. The molecule has 6 nitrogen and oxygen atoms in total. The third-order valence-corrected chi connectivity index (χ3v) is 5.65. The van der Waals surface area contributed by atoms with E-state index in [9.17, 15) is 9.59 Å². The molecule has 33 heavy (non-hydrogen) atoms. The lowest BCUT2D eigenvalue weighted by Gasteiger charge is -2.30. The SMILES string of the molecule is CC(C)N(CC(=O)Nc1cc(C(C)(C)C)nn1C)C(=O)C(c1ccccc1)c1ccccc1. The first kappa shape index (κ1) is 24.2. The smallest absolute Gasteiger partial charge is 0.245 e. The summed E-state index contributed by atoms with van der Waals surface area (Å²) in [5.41, 5.74) is 2.58. The number of hydrogen-bond acceptors (Lipinski definition) is 3. The van der Waals surface area contributed by atoms with Gasteiger partial charge >= 0.3 is 0 Å². The van der Waals surface area contributed by atoms with Crippen molar-refractivity contribution in [1.29, 1.82) is 0 Å². The van der Waals surface area contributed by atoms with E-state index in [1.54, 1.807) is 16.6 Å². The van der Waals surface area contributed by atoms with Gasteiger partial charge in [0.1, 0.15) is 12.4 Å². The van der Waals surface area contributed by atoms with Crippen LogP contribution in [0.4, 0.5) is 5.82 Å². The van der Waals surface area contributed by atoms with Crippen LogP contribution in [0.2, 0.25) is 0 Å². The number of nitrogens with zero attached hydrogens (tertiary/aromatic N) is 3. The number of benzene rings is 2. The number of anilines is 1. The number of carbonyl (C=O) groups excluding carboxylic acids is 2. The Morgan fingerprint density at radius 1 is 0.970 bits per heavy atom. The fourth-order valence-corrected chi connectivity index (χ4v) is 3.74. The van der Waals surface area contributed by atoms with Gasteiger partial charge in [0.05, 0.1) is 11.6 Å². The van der Waals surface area contributed by atoms with Gasteiger partial charge in [0, 0.05) is 24.6 Å². The molecule has 0 unspecified atom stereocenters. The van der Waals surface area contributed by atoms with Crippen molar-refractivity contribution in [2.75, 3.05) is 11.9 Å². The van der Waals surface area contributed by atoms with Gasteiger partial charge in [0.15, 0.2) is 0 Å². The molecule has 0 saturated carbocycles. The van der Waals surface area contributed by atoms with Crippen molar-refractivity contribution in [2.45, 2.75) is 52.0 Å². The summed E-state index contributed by atoms with van der Waals surface area (Å²) in [5, 5.41) is 7.44. The zero-order chi connectivity index (χ0) is 24.2. The van der Waals surface area contributed by atoms with Crippen LogP contribution in [0, 0.1) is 0 Å². The van der Waals surface area contributed by atoms with Crippen molar-refractivity contribution >= 4 is 17.6 Å². The van der Waals surface area contributed by atoms with Crippen LogP contribution in [-0.2, 0) is 22.1 Å². The van der Waals surface area contributed by atoms with Crippen molar-refractivity contribution in [1.82, 2.24) is 14.7 Å². The maximum atomic E-state index is 13.8. The molecule has 3 rings (SSSR count). The van der Waals surface area contributed by atoms with Crippen molar-refractivity contribution in [3.63, 3.8) is 0 Å². The second kappa shape index (κ2) is 10.0. The second-order valence-corrected chi connectivity index (χ2v) is 9.65. The molecule has 1 aromatic heterocycles. The Hall–Kier alpha value is -3.41. The first-order valence-corrected chi connectivity index (χ1v) is 11.3. The lowest BCUT2D eigenvalue weighted by atomic mass is 9.89. The van der Waals surface area contributed by atoms with E-state index >= 15 is 0 Å². The highest BCUT2D eigenvalue weighted by atomic mass is 16.2. The van der Waals surface area contributed by atoms with Gasteiger partial charge in [0.2, 0.25) is 11.8 Å². The van der Waals surface area contributed by atoms with Crippen LogP contribution >= 0.6 is 0 Å². The van der Waals surface area contributed by atoms with Crippen LogP contribution in [0.5, 0.6) is 0 Å². The molecular weight excluding hydrogens is 412 g/mol. The highest BCUT2D eigenvalue weighted by molar-refractivity contribution is 5.96. The minimum Gasteiger partial charge on any atom is -0.330 e. The Balaban J connectivity index is 1.84. The summed E-state index contributed by atoms with van der Waals surface area (Å²) in [7, 11) is 1.80. The van der Waals surface area contributed by atoms with E-state index in [0.29, 0.717) is 5.82 Å². The number of hydrogen-bond donors (Lipinski definition) is 1. The van der Waals surface area contributed by atoms with Crippen LogP contribution in [0.15, 0.2) is 66.7 Å². The highest BCUT2D eigenvalue weighted by Crippen LogP contribution is 2.28. The van der Waals surface area contributed by atoms with E-state index < -0.39 is 5.92 Å². The molecule has 174 valence electrons. The molecule has 2 amide bonds. The van der Waals surface area contributed by atoms with E-state index in [1.165, 1.54) is 0 Å².